The second kappa shape index (κ2) is 7.96. The molecule has 0 aliphatic heterocycles. The van der Waals surface area contributed by atoms with Crippen molar-refractivity contribution in [3.8, 4) is 5.69 Å². The number of benzene rings is 1. The Morgan fingerprint density at radius 2 is 1.89 bits per heavy atom. The van der Waals surface area contributed by atoms with Gasteiger partial charge in [0.05, 0.1) is 16.9 Å². The highest BCUT2D eigenvalue weighted by Gasteiger charge is 2.18. The lowest BCUT2D eigenvalue weighted by Crippen LogP contribution is -2.20. The summed E-state index contributed by atoms with van der Waals surface area (Å²) in [6, 6.07) is 12.9. The summed E-state index contributed by atoms with van der Waals surface area (Å²) in [4.78, 5) is 24.7. The third-order valence-electron chi connectivity index (χ3n) is 4.47. The van der Waals surface area contributed by atoms with Crippen LogP contribution in [0.1, 0.15) is 35.1 Å². The molecule has 1 aromatic carbocycles. The smallest absolute Gasteiger partial charge is 0.257 e. The molecular formula is C21H22BrN3O2. The summed E-state index contributed by atoms with van der Waals surface area (Å²) >= 11 is 3.58. The van der Waals surface area contributed by atoms with Crippen LogP contribution in [0.25, 0.3) is 5.69 Å². The highest BCUT2D eigenvalue weighted by Crippen LogP contribution is 2.27. The number of halogens is 1. The highest BCUT2D eigenvalue weighted by atomic mass is 79.9. The van der Waals surface area contributed by atoms with Crippen LogP contribution >= 0.6 is 15.9 Å². The molecule has 0 unspecified atom stereocenters. The first-order valence-electron chi connectivity index (χ1n) is 8.88. The molecule has 2 aromatic heterocycles. The molecule has 0 radical (unpaired) electrons. The van der Waals surface area contributed by atoms with Crippen molar-refractivity contribution in [2.75, 3.05) is 5.32 Å². The molecule has 0 spiro atoms. The number of pyridine rings is 1. The summed E-state index contributed by atoms with van der Waals surface area (Å²) < 4.78 is 4.63. The molecule has 1 amide bonds. The van der Waals surface area contributed by atoms with Crippen LogP contribution in [-0.4, -0.2) is 15.0 Å². The molecule has 0 saturated carbocycles. The zero-order valence-electron chi connectivity index (χ0n) is 15.6. The Kier molecular flexibility index (Phi) is 5.65. The van der Waals surface area contributed by atoms with E-state index in [2.05, 4.69) is 25.8 Å². The molecule has 140 valence electrons. The molecule has 0 saturated heterocycles. The van der Waals surface area contributed by atoms with Crippen molar-refractivity contribution >= 4 is 27.5 Å². The molecule has 0 aliphatic rings. The lowest BCUT2D eigenvalue weighted by Gasteiger charge is -2.12. The van der Waals surface area contributed by atoms with E-state index in [1.54, 1.807) is 16.8 Å². The average Bonchev–Trinajstić information content (AvgIpc) is 2.93. The molecule has 5 nitrogen and oxygen atoms in total. The van der Waals surface area contributed by atoms with Gasteiger partial charge in [0.2, 0.25) is 0 Å². The Morgan fingerprint density at radius 1 is 1.15 bits per heavy atom. The number of hydrogen-bond acceptors (Lipinski definition) is 2. The van der Waals surface area contributed by atoms with E-state index < -0.39 is 0 Å². The second-order valence-corrected chi connectivity index (χ2v) is 7.33. The van der Waals surface area contributed by atoms with Crippen LogP contribution < -0.4 is 10.9 Å². The van der Waals surface area contributed by atoms with Crippen molar-refractivity contribution in [1.82, 2.24) is 9.13 Å². The third-order valence-corrected chi connectivity index (χ3v) is 5.15. The largest absolute Gasteiger partial charge is 0.321 e. The van der Waals surface area contributed by atoms with Crippen molar-refractivity contribution in [2.45, 2.75) is 33.7 Å². The summed E-state index contributed by atoms with van der Waals surface area (Å²) in [5.41, 5.74) is 3.97. The average molecular weight is 428 g/mol. The summed E-state index contributed by atoms with van der Waals surface area (Å²) in [6.07, 6.45) is 2.54. The minimum atomic E-state index is -0.192. The molecule has 0 fully saturated rings. The van der Waals surface area contributed by atoms with Crippen LogP contribution in [-0.2, 0) is 6.54 Å². The van der Waals surface area contributed by atoms with Crippen LogP contribution in [0.15, 0.2) is 57.9 Å². The number of nitrogens with one attached hydrogen (secondary N) is 1. The lowest BCUT2D eigenvalue weighted by molar-refractivity contribution is 0.102. The molecular weight excluding hydrogens is 406 g/mol. The third kappa shape index (κ3) is 3.90. The number of carbonyl (C=O) groups is 1. The Labute approximate surface area is 166 Å². The monoisotopic (exact) mass is 427 g/mol. The highest BCUT2D eigenvalue weighted by molar-refractivity contribution is 9.10. The standard InChI is InChI=1S/C21H22BrN3O2/c1-4-11-24-13-16(9-10-20(24)26)23-21(27)17-12-14(2)25(15(17)3)19-8-6-5-7-18(19)22/h5-10,12-13H,4,11H2,1-3H3,(H,23,27). The van der Waals surface area contributed by atoms with Gasteiger partial charge in [-0.3, -0.25) is 9.59 Å². The first-order valence-corrected chi connectivity index (χ1v) is 9.67. The number of para-hydroxylation sites is 1. The topological polar surface area (TPSA) is 56.0 Å². The fourth-order valence-electron chi connectivity index (χ4n) is 3.22. The number of amides is 1. The van der Waals surface area contributed by atoms with E-state index in [0.29, 0.717) is 17.8 Å². The number of rotatable bonds is 5. The maximum absolute atomic E-state index is 12.8. The van der Waals surface area contributed by atoms with Crippen LogP contribution in [0.3, 0.4) is 0 Å². The summed E-state index contributed by atoms with van der Waals surface area (Å²) in [5, 5.41) is 2.91. The Balaban J connectivity index is 1.93. The van der Waals surface area contributed by atoms with Gasteiger partial charge >= 0.3 is 0 Å². The number of carbonyl (C=O) groups excluding carboxylic acids is 1. The van der Waals surface area contributed by atoms with Gasteiger partial charge in [0.25, 0.3) is 11.5 Å². The van der Waals surface area contributed by atoms with Crippen LogP contribution in [0.5, 0.6) is 0 Å². The molecule has 0 atom stereocenters. The van der Waals surface area contributed by atoms with Gasteiger partial charge in [-0.25, -0.2) is 0 Å². The zero-order valence-corrected chi connectivity index (χ0v) is 17.2. The maximum atomic E-state index is 12.8. The Hall–Kier alpha value is -2.60. The molecule has 3 rings (SSSR count). The van der Waals surface area contributed by atoms with Gasteiger partial charge in [-0.1, -0.05) is 19.1 Å². The van der Waals surface area contributed by atoms with E-state index in [9.17, 15) is 9.59 Å². The first-order chi connectivity index (χ1) is 12.9. The summed E-state index contributed by atoms with van der Waals surface area (Å²) in [6.45, 7) is 6.54. The number of hydrogen-bond donors (Lipinski definition) is 1. The number of aryl methyl sites for hydroxylation is 2. The minimum Gasteiger partial charge on any atom is -0.321 e. The normalized spacial score (nSPS) is 10.8. The minimum absolute atomic E-state index is 0.0676. The van der Waals surface area contributed by atoms with Gasteiger partial charge in [-0.05, 0) is 60.5 Å². The summed E-state index contributed by atoms with van der Waals surface area (Å²) in [7, 11) is 0. The first kappa shape index (κ1) is 19.2. The van der Waals surface area contributed by atoms with E-state index in [1.165, 1.54) is 6.07 Å². The van der Waals surface area contributed by atoms with Gasteiger partial charge in [-0.15, -0.1) is 0 Å². The SMILES string of the molecule is CCCn1cc(NC(=O)c2cc(C)n(-c3ccccc3Br)c2C)ccc1=O. The molecule has 1 N–H and O–H groups in total. The van der Waals surface area contributed by atoms with Gasteiger partial charge in [0, 0.05) is 34.7 Å². The molecule has 0 aliphatic carbocycles. The van der Waals surface area contributed by atoms with Gasteiger partial charge in [0.1, 0.15) is 0 Å². The fourth-order valence-corrected chi connectivity index (χ4v) is 3.68. The summed E-state index contributed by atoms with van der Waals surface area (Å²) in [5.74, 6) is -0.192. The Morgan fingerprint density at radius 3 is 2.59 bits per heavy atom. The quantitative estimate of drug-likeness (QED) is 0.642. The van der Waals surface area contributed by atoms with Gasteiger partial charge in [-0.2, -0.15) is 0 Å². The van der Waals surface area contributed by atoms with Crippen LogP contribution in [0.4, 0.5) is 5.69 Å². The zero-order chi connectivity index (χ0) is 19.6. The van der Waals surface area contributed by atoms with E-state index in [0.717, 1.165) is 28.0 Å². The van der Waals surface area contributed by atoms with Crippen molar-refractivity contribution < 1.29 is 4.79 Å². The van der Waals surface area contributed by atoms with E-state index in [-0.39, 0.29) is 11.5 Å². The predicted molar refractivity (Wildman–Crippen MR) is 112 cm³/mol. The molecule has 2 heterocycles. The van der Waals surface area contributed by atoms with Crippen molar-refractivity contribution in [3.63, 3.8) is 0 Å². The predicted octanol–water partition coefficient (Wildman–Crippen LogP) is 4.68. The number of anilines is 1. The molecule has 6 heteroatoms. The number of nitrogens with zero attached hydrogens (tertiary/aromatic N) is 2. The molecule has 0 bridgehead atoms. The van der Waals surface area contributed by atoms with Crippen molar-refractivity contribution in [1.29, 1.82) is 0 Å². The molecule has 27 heavy (non-hydrogen) atoms. The van der Waals surface area contributed by atoms with Crippen LogP contribution in [0, 0.1) is 13.8 Å². The second-order valence-electron chi connectivity index (χ2n) is 6.48. The lowest BCUT2D eigenvalue weighted by atomic mass is 10.2. The Bertz CT molecular complexity index is 1050. The van der Waals surface area contributed by atoms with E-state index in [1.807, 2.05) is 51.1 Å². The fraction of sp³-hybridized carbons (Fsp3) is 0.238. The van der Waals surface area contributed by atoms with Crippen molar-refractivity contribution in [3.05, 3.63) is 80.4 Å². The van der Waals surface area contributed by atoms with Gasteiger partial charge in [0.15, 0.2) is 0 Å². The maximum Gasteiger partial charge on any atom is 0.257 e. The van der Waals surface area contributed by atoms with E-state index >= 15 is 0 Å². The van der Waals surface area contributed by atoms with Crippen molar-refractivity contribution in [2.24, 2.45) is 0 Å². The number of aromatic nitrogens is 2. The van der Waals surface area contributed by atoms with Crippen LogP contribution in [0.2, 0.25) is 0 Å². The van der Waals surface area contributed by atoms with Gasteiger partial charge < -0.3 is 14.5 Å². The van der Waals surface area contributed by atoms with E-state index in [4.69, 9.17) is 0 Å². The molecule has 3 aromatic rings.